The van der Waals surface area contributed by atoms with Gasteiger partial charge in [0.1, 0.15) is 12.4 Å². The van der Waals surface area contributed by atoms with Gasteiger partial charge >= 0.3 is 11.9 Å². The molecule has 0 heterocycles. The van der Waals surface area contributed by atoms with Crippen molar-refractivity contribution in [2.24, 2.45) is 5.92 Å². The Labute approximate surface area is 223 Å². The zero-order chi connectivity index (χ0) is 27.6. The Balaban J connectivity index is 1.44. The molecule has 0 aliphatic carbocycles. The summed E-state index contributed by atoms with van der Waals surface area (Å²) in [5.74, 6) is -0.744. The smallest absolute Gasteiger partial charge is 0.313 e. The van der Waals surface area contributed by atoms with Crippen molar-refractivity contribution < 1.29 is 38.1 Å². The fourth-order valence-electron chi connectivity index (χ4n) is 2.94. The maximum Gasteiger partial charge on any atom is 0.313 e. The summed E-state index contributed by atoms with van der Waals surface area (Å²) in [5, 5.41) is 5.48. The van der Waals surface area contributed by atoms with E-state index < -0.39 is 5.97 Å². The molecule has 0 unspecified atom stereocenters. The maximum atomic E-state index is 12.1. The zero-order valence-electron chi connectivity index (χ0n) is 21.9. The Morgan fingerprint density at radius 3 is 2.08 bits per heavy atom. The standard InChI is InChI=1S/C28H36N2O8/c1-21(2)28(34)37-20-22-8-10-23(11-9-22)30-26(32)13-17-36-19-15-29-25(31)12-16-35-18-14-27(33)38-24-6-4-3-5-7-24/h3-11,21H,12-20H2,1-2H3,(H,29,31)(H,30,32). The second-order valence-corrected chi connectivity index (χ2v) is 8.62. The third kappa shape index (κ3) is 13.5. The number of para-hydroxylation sites is 1. The first-order valence-electron chi connectivity index (χ1n) is 12.6. The van der Waals surface area contributed by atoms with Crippen LogP contribution in [0, 0.1) is 5.92 Å². The van der Waals surface area contributed by atoms with Crippen LogP contribution in [0.3, 0.4) is 0 Å². The van der Waals surface area contributed by atoms with Gasteiger partial charge in [-0.2, -0.15) is 0 Å². The maximum absolute atomic E-state index is 12.1. The lowest BCUT2D eigenvalue weighted by Gasteiger charge is -2.09. The van der Waals surface area contributed by atoms with Crippen molar-refractivity contribution in [3.8, 4) is 5.75 Å². The zero-order valence-corrected chi connectivity index (χ0v) is 21.9. The van der Waals surface area contributed by atoms with Crippen LogP contribution in [0.5, 0.6) is 5.75 Å². The van der Waals surface area contributed by atoms with Gasteiger partial charge in [0.25, 0.3) is 0 Å². The van der Waals surface area contributed by atoms with Crippen LogP contribution in [0.1, 0.15) is 38.7 Å². The predicted molar refractivity (Wildman–Crippen MR) is 140 cm³/mol. The molecule has 0 spiro atoms. The average Bonchev–Trinajstić information content (AvgIpc) is 2.90. The molecule has 2 aromatic carbocycles. The quantitative estimate of drug-likeness (QED) is 0.182. The summed E-state index contributed by atoms with van der Waals surface area (Å²) in [4.78, 5) is 47.1. The normalized spacial score (nSPS) is 10.6. The summed E-state index contributed by atoms with van der Waals surface area (Å²) in [6.07, 6.45) is 0.427. The van der Waals surface area contributed by atoms with Crippen molar-refractivity contribution in [2.45, 2.75) is 39.7 Å². The van der Waals surface area contributed by atoms with Crippen LogP contribution in [-0.2, 0) is 40.0 Å². The minimum atomic E-state index is -0.397. The van der Waals surface area contributed by atoms with Crippen molar-refractivity contribution in [3.63, 3.8) is 0 Å². The molecule has 10 heteroatoms. The van der Waals surface area contributed by atoms with Gasteiger partial charge in [-0.25, -0.2) is 0 Å². The van der Waals surface area contributed by atoms with Gasteiger partial charge in [-0.1, -0.05) is 44.2 Å². The number of rotatable bonds is 17. The summed E-state index contributed by atoms with van der Waals surface area (Å²) in [5.41, 5.74) is 1.47. The number of ether oxygens (including phenoxy) is 4. The molecule has 0 aliphatic heterocycles. The first-order chi connectivity index (χ1) is 18.3. The van der Waals surface area contributed by atoms with E-state index in [1.54, 1.807) is 62.4 Å². The van der Waals surface area contributed by atoms with Gasteiger partial charge in [-0.3, -0.25) is 19.2 Å². The van der Waals surface area contributed by atoms with Gasteiger partial charge < -0.3 is 29.6 Å². The molecule has 2 N–H and O–H groups in total. The lowest BCUT2D eigenvalue weighted by atomic mass is 10.2. The second-order valence-electron chi connectivity index (χ2n) is 8.62. The molecule has 10 nitrogen and oxygen atoms in total. The first-order valence-corrected chi connectivity index (χ1v) is 12.6. The first kappa shape index (κ1) is 30.5. The lowest BCUT2D eigenvalue weighted by Crippen LogP contribution is -2.28. The van der Waals surface area contributed by atoms with Crippen molar-refractivity contribution in [3.05, 3.63) is 60.2 Å². The molecule has 38 heavy (non-hydrogen) atoms. The van der Waals surface area contributed by atoms with Crippen molar-refractivity contribution >= 4 is 29.4 Å². The molecule has 0 fully saturated rings. The van der Waals surface area contributed by atoms with Crippen molar-refractivity contribution in [1.29, 1.82) is 0 Å². The number of carbonyl (C=O) groups excluding carboxylic acids is 4. The predicted octanol–water partition coefficient (Wildman–Crippen LogP) is 3.25. The SMILES string of the molecule is CC(C)C(=O)OCc1ccc(NC(=O)CCOCCNC(=O)CCOCCC(=O)Oc2ccccc2)cc1. The highest BCUT2D eigenvalue weighted by molar-refractivity contribution is 5.90. The van der Waals surface area contributed by atoms with Crippen molar-refractivity contribution in [2.75, 3.05) is 38.3 Å². The Morgan fingerprint density at radius 2 is 1.39 bits per heavy atom. The number of hydrogen-bond acceptors (Lipinski definition) is 8. The highest BCUT2D eigenvalue weighted by Crippen LogP contribution is 2.12. The van der Waals surface area contributed by atoms with Gasteiger partial charge in [-0.05, 0) is 29.8 Å². The van der Waals surface area contributed by atoms with Crippen LogP contribution < -0.4 is 15.4 Å². The van der Waals surface area contributed by atoms with E-state index in [0.29, 0.717) is 18.0 Å². The number of esters is 2. The fourth-order valence-corrected chi connectivity index (χ4v) is 2.94. The van der Waals surface area contributed by atoms with Gasteiger partial charge in [0.15, 0.2) is 0 Å². The summed E-state index contributed by atoms with van der Waals surface area (Å²) >= 11 is 0. The van der Waals surface area contributed by atoms with Crippen LogP contribution in [0.15, 0.2) is 54.6 Å². The topological polar surface area (TPSA) is 129 Å². The van der Waals surface area contributed by atoms with Crippen LogP contribution in [0.2, 0.25) is 0 Å². The largest absolute Gasteiger partial charge is 0.461 e. The second kappa shape index (κ2) is 17.7. The molecule has 2 amide bonds. The molecule has 0 aromatic heterocycles. The Hall–Kier alpha value is -3.76. The molecule has 0 bridgehead atoms. The van der Waals surface area contributed by atoms with E-state index in [0.717, 1.165) is 5.56 Å². The molecular formula is C28H36N2O8. The van der Waals surface area contributed by atoms with Crippen LogP contribution in [-0.4, -0.2) is 56.7 Å². The molecule has 0 saturated heterocycles. The monoisotopic (exact) mass is 528 g/mol. The molecule has 2 aromatic rings. The molecule has 2 rings (SSSR count). The van der Waals surface area contributed by atoms with Gasteiger partial charge in [0.2, 0.25) is 11.8 Å². The molecule has 206 valence electrons. The summed E-state index contributed by atoms with van der Waals surface area (Å²) in [6.45, 7) is 4.90. The van der Waals surface area contributed by atoms with E-state index in [2.05, 4.69) is 10.6 Å². The minimum Gasteiger partial charge on any atom is -0.461 e. The van der Waals surface area contributed by atoms with Crippen LogP contribution in [0.25, 0.3) is 0 Å². The van der Waals surface area contributed by atoms with E-state index >= 15 is 0 Å². The molecule has 0 aliphatic rings. The summed E-state index contributed by atoms with van der Waals surface area (Å²) < 4.78 is 21.0. The van der Waals surface area contributed by atoms with E-state index in [1.165, 1.54) is 0 Å². The third-order valence-electron chi connectivity index (χ3n) is 5.03. The average molecular weight is 529 g/mol. The number of benzene rings is 2. The molecule has 0 saturated carbocycles. The van der Waals surface area contributed by atoms with E-state index in [4.69, 9.17) is 18.9 Å². The number of hydrogen-bond donors (Lipinski definition) is 2. The van der Waals surface area contributed by atoms with E-state index in [9.17, 15) is 19.2 Å². The van der Waals surface area contributed by atoms with E-state index in [-0.39, 0.29) is 76.0 Å². The molecule has 0 radical (unpaired) electrons. The van der Waals surface area contributed by atoms with Crippen LogP contribution in [0.4, 0.5) is 5.69 Å². The molecule has 0 atom stereocenters. The fraction of sp³-hybridized carbons (Fsp3) is 0.429. The number of nitrogens with one attached hydrogen (secondary N) is 2. The number of amides is 2. The van der Waals surface area contributed by atoms with Crippen LogP contribution >= 0.6 is 0 Å². The molecular weight excluding hydrogens is 492 g/mol. The Morgan fingerprint density at radius 1 is 0.763 bits per heavy atom. The number of anilines is 1. The van der Waals surface area contributed by atoms with Gasteiger partial charge in [-0.15, -0.1) is 0 Å². The number of carbonyl (C=O) groups is 4. The van der Waals surface area contributed by atoms with Gasteiger partial charge in [0, 0.05) is 18.7 Å². The summed E-state index contributed by atoms with van der Waals surface area (Å²) in [7, 11) is 0. The van der Waals surface area contributed by atoms with Gasteiger partial charge in [0.05, 0.1) is 45.2 Å². The highest BCUT2D eigenvalue weighted by Gasteiger charge is 2.09. The minimum absolute atomic E-state index is 0.0960. The Bertz CT molecular complexity index is 1010. The Kier molecular flexibility index (Phi) is 14.2. The lowest BCUT2D eigenvalue weighted by molar-refractivity contribution is -0.148. The van der Waals surface area contributed by atoms with E-state index in [1.807, 2.05) is 6.07 Å². The van der Waals surface area contributed by atoms with Crippen molar-refractivity contribution in [1.82, 2.24) is 5.32 Å². The summed E-state index contributed by atoms with van der Waals surface area (Å²) in [6, 6.07) is 15.8. The highest BCUT2D eigenvalue weighted by atomic mass is 16.5. The third-order valence-corrected chi connectivity index (χ3v) is 5.03.